The lowest BCUT2D eigenvalue weighted by Gasteiger charge is -2.26. The Morgan fingerprint density at radius 3 is 2.57 bits per heavy atom. The highest BCUT2D eigenvalue weighted by Crippen LogP contribution is 2.44. The summed E-state index contributed by atoms with van der Waals surface area (Å²) in [5.41, 5.74) is 0.280. The predicted molar refractivity (Wildman–Crippen MR) is 81.4 cm³/mol. The zero-order chi connectivity index (χ0) is 16.4. The number of carbonyl (C=O) groups excluding carboxylic acids is 1. The van der Waals surface area contributed by atoms with Crippen molar-refractivity contribution >= 4 is 17.7 Å². The number of amides is 1. The molecule has 7 heteroatoms. The molecule has 0 bridgehead atoms. The van der Waals surface area contributed by atoms with E-state index < -0.39 is 17.1 Å². The molecule has 1 saturated heterocycles. The number of thioether (sulfide) groups is 1. The number of benzene rings is 1. The van der Waals surface area contributed by atoms with Crippen molar-refractivity contribution in [2.45, 2.75) is 18.1 Å². The van der Waals surface area contributed by atoms with Gasteiger partial charge in [-0.25, -0.2) is 0 Å². The lowest BCUT2D eigenvalue weighted by Crippen LogP contribution is -2.28. The van der Waals surface area contributed by atoms with Crippen LogP contribution < -0.4 is 0 Å². The summed E-state index contributed by atoms with van der Waals surface area (Å²) in [4.78, 5) is 17.5. The van der Waals surface area contributed by atoms with E-state index in [2.05, 4.69) is 4.98 Å². The highest BCUT2D eigenvalue weighted by Gasteiger charge is 2.40. The van der Waals surface area contributed by atoms with Crippen LogP contribution in [0.3, 0.4) is 0 Å². The van der Waals surface area contributed by atoms with Crippen molar-refractivity contribution in [1.82, 2.24) is 9.88 Å². The number of rotatable bonds is 3. The Morgan fingerprint density at radius 1 is 1.17 bits per heavy atom. The minimum absolute atomic E-state index is 0.130. The van der Waals surface area contributed by atoms with Gasteiger partial charge in [0.15, 0.2) is 0 Å². The predicted octanol–water partition coefficient (Wildman–Crippen LogP) is 3.87. The molecule has 1 fully saturated rings. The maximum absolute atomic E-state index is 13.2. The summed E-state index contributed by atoms with van der Waals surface area (Å²) in [6.07, 6.45) is -1.24. The Hall–Kier alpha value is -2.02. The van der Waals surface area contributed by atoms with Crippen LogP contribution in [0.15, 0.2) is 48.8 Å². The zero-order valence-electron chi connectivity index (χ0n) is 12.0. The van der Waals surface area contributed by atoms with Gasteiger partial charge in [-0.05, 0) is 29.3 Å². The molecule has 23 heavy (non-hydrogen) atoms. The average molecular weight is 338 g/mol. The first-order valence-electron chi connectivity index (χ1n) is 6.93. The van der Waals surface area contributed by atoms with Crippen molar-refractivity contribution in [1.29, 1.82) is 0 Å². The minimum atomic E-state index is -4.44. The largest absolute Gasteiger partial charge is 0.416 e. The summed E-state index contributed by atoms with van der Waals surface area (Å²) in [6, 6.07) is 8.94. The van der Waals surface area contributed by atoms with Gasteiger partial charge in [-0.3, -0.25) is 9.78 Å². The number of hydrogen-bond donors (Lipinski definition) is 0. The van der Waals surface area contributed by atoms with Crippen molar-refractivity contribution in [3.8, 4) is 0 Å². The van der Waals surface area contributed by atoms with Gasteiger partial charge in [-0.15, -0.1) is 11.8 Å². The third-order valence-electron chi connectivity index (χ3n) is 3.60. The Labute approximate surface area is 135 Å². The number of aromatic nitrogens is 1. The van der Waals surface area contributed by atoms with Gasteiger partial charge >= 0.3 is 6.18 Å². The molecule has 0 spiro atoms. The van der Waals surface area contributed by atoms with Gasteiger partial charge in [0.2, 0.25) is 5.91 Å². The van der Waals surface area contributed by atoms with Crippen LogP contribution in [0.25, 0.3) is 0 Å². The van der Waals surface area contributed by atoms with Crippen LogP contribution in [0.5, 0.6) is 0 Å². The molecule has 1 unspecified atom stereocenters. The van der Waals surface area contributed by atoms with Crippen molar-refractivity contribution in [3.05, 3.63) is 65.5 Å². The number of hydrogen-bond acceptors (Lipinski definition) is 3. The molecule has 1 aliphatic rings. The summed E-state index contributed by atoms with van der Waals surface area (Å²) in [5, 5.41) is -0.631. The molecule has 1 aliphatic heterocycles. The third-order valence-corrected chi connectivity index (χ3v) is 4.84. The molecule has 120 valence electrons. The fraction of sp³-hybridized carbons (Fsp3) is 0.250. The van der Waals surface area contributed by atoms with E-state index in [1.165, 1.54) is 28.8 Å². The molecule has 3 rings (SSSR count). The summed E-state index contributed by atoms with van der Waals surface area (Å²) in [5.74, 6) is 0.0240. The van der Waals surface area contributed by atoms with E-state index >= 15 is 0 Å². The lowest BCUT2D eigenvalue weighted by atomic mass is 10.1. The number of halogens is 3. The topological polar surface area (TPSA) is 33.2 Å². The summed E-state index contributed by atoms with van der Waals surface area (Å²) >= 11 is 1.22. The Bertz CT molecular complexity index is 706. The van der Waals surface area contributed by atoms with Gasteiger partial charge in [0.05, 0.1) is 11.3 Å². The smallest absolute Gasteiger partial charge is 0.321 e. The van der Waals surface area contributed by atoms with E-state index in [1.54, 1.807) is 30.6 Å². The normalized spacial score (nSPS) is 18.5. The molecule has 0 N–H and O–H groups in total. The minimum Gasteiger partial charge on any atom is -0.321 e. The van der Waals surface area contributed by atoms with Crippen LogP contribution in [0.2, 0.25) is 0 Å². The van der Waals surface area contributed by atoms with Crippen LogP contribution in [-0.2, 0) is 17.5 Å². The summed E-state index contributed by atoms with van der Waals surface area (Å²) in [7, 11) is 0. The standard InChI is InChI=1S/C16H13F3N2OS/c17-16(18,19)13-4-2-1-3-12(13)15-21(14(22)10-23-15)9-11-5-7-20-8-6-11/h1-8,15H,9-10H2. The molecule has 0 radical (unpaired) electrons. The highest BCUT2D eigenvalue weighted by molar-refractivity contribution is 8.00. The summed E-state index contributed by atoms with van der Waals surface area (Å²) in [6.45, 7) is 0.269. The Kier molecular flexibility index (Phi) is 4.30. The monoisotopic (exact) mass is 338 g/mol. The highest BCUT2D eigenvalue weighted by atomic mass is 32.2. The molecule has 2 aromatic rings. The van der Waals surface area contributed by atoms with Gasteiger partial charge in [-0.2, -0.15) is 13.2 Å². The van der Waals surface area contributed by atoms with Crippen molar-refractivity contribution in [2.75, 3.05) is 5.75 Å². The lowest BCUT2D eigenvalue weighted by molar-refractivity contribution is -0.139. The van der Waals surface area contributed by atoms with E-state index in [1.807, 2.05) is 0 Å². The summed E-state index contributed by atoms with van der Waals surface area (Å²) < 4.78 is 39.7. The Balaban J connectivity index is 1.94. The van der Waals surface area contributed by atoms with Crippen LogP contribution in [0.1, 0.15) is 22.1 Å². The SMILES string of the molecule is O=C1CSC(c2ccccc2C(F)(F)F)N1Cc1ccncc1. The van der Waals surface area contributed by atoms with Gasteiger partial charge in [-0.1, -0.05) is 18.2 Å². The molecule has 3 nitrogen and oxygen atoms in total. The van der Waals surface area contributed by atoms with E-state index in [9.17, 15) is 18.0 Å². The molecule has 1 amide bonds. The van der Waals surface area contributed by atoms with Crippen LogP contribution in [-0.4, -0.2) is 21.5 Å². The van der Waals surface area contributed by atoms with E-state index in [-0.39, 0.29) is 23.8 Å². The molecule has 2 heterocycles. The van der Waals surface area contributed by atoms with Crippen LogP contribution in [0, 0.1) is 0 Å². The number of alkyl halides is 3. The second kappa shape index (κ2) is 6.23. The van der Waals surface area contributed by atoms with E-state index in [0.29, 0.717) is 0 Å². The molecule has 0 aliphatic carbocycles. The van der Waals surface area contributed by atoms with E-state index in [4.69, 9.17) is 0 Å². The molecular formula is C16H13F3N2OS. The van der Waals surface area contributed by atoms with E-state index in [0.717, 1.165) is 11.6 Å². The fourth-order valence-corrected chi connectivity index (χ4v) is 3.76. The van der Waals surface area contributed by atoms with Gasteiger partial charge in [0.25, 0.3) is 0 Å². The molecular weight excluding hydrogens is 325 g/mol. The maximum atomic E-state index is 13.2. The molecule has 1 atom stereocenters. The number of nitrogens with zero attached hydrogens (tertiary/aromatic N) is 2. The van der Waals surface area contributed by atoms with Crippen molar-refractivity contribution in [3.63, 3.8) is 0 Å². The van der Waals surface area contributed by atoms with Gasteiger partial charge < -0.3 is 4.90 Å². The van der Waals surface area contributed by atoms with Gasteiger partial charge in [0.1, 0.15) is 5.37 Å². The van der Waals surface area contributed by atoms with Gasteiger partial charge in [0, 0.05) is 18.9 Å². The Morgan fingerprint density at radius 2 is 1.87 bits per heavy atom. The molecule has 1 aromatic carbocycles. The quantitative estimate of drug-likeness (QED) is 0.852. The molecule has 0 saturated carbocycles. The van der Waals surface area contributed by atoms with Crippen molar-refractivity contribution < 1.29 is 18.0 Å². The first-order chi connectivity index (χ1) is 11.0. The second-order valence-corrected chi connectivity index (χ2v) is 6.19. The van der Waals surface area contributed by atoms with Crippen LogP contribution in [0.4, 0.5) is 13.2 Å². The number of carbonyl (C=O) groups is 1. The molecule has 1 aromatic heterocycles. The van der Waals surface area contributed by atoms with Crippen LogP contribution >= 0.6 is 11.8 Å². The fourth-order valence-electron chi connectivity index (χ4n) is 2.54. The average Bonchev–Trinajstić information content (AvgIpc) is 2.89. The third kappa shape index (κ3) is 3.34. The zero-order valence-corrected chi connectivity index (χ0v) is 12.8. The maximum Gasteiger partial charge on any atom is 0.416 e. The first kappa shape index (κ1) is 15.9. The second-order valence-electron chi connectivity index (χ2n) is 5.13. The van der Waals surface area contributed by atoms with Crippen molar-refractivity contribution in [2.24, 2.45) is 0 Å². The first-order valence-corrected chi connectivity index (χ1v) is 7.98. The number of pyridine rings is 1.